The Morgan fingerprint density at radius 1 is 1.08 bits per heavy atom. The Labute approximate surface area is 156 Å². The number of nitrogens with zero attached hydrogens (tertiary/aromatic N) is 2. The van der Waals surface area contributed by atoms with E-state index in [1.807, 2.05) is 31.2 Å². The number of hydrogen-bond acceptors (Lipinski definition) is 5. The summed E-state index contributed by atoms with van der Waals surface area (Å²) in [6.45, 7) is 2.01. The molecule has 0 fully saturated rings. The van der Waals surface area contributed by atoms with E-state index in [1.54, 1.807) is 30.3 Å². The molecule has 0 atom stereocenters. The smallest absolute Gasteiger partial charge is 0.276 e. The predicted molar refractivity (Wildman–Crippen MR) is 102 cm³/mol. The SMILES string of the molecule is COc1ccc(Cl)cc1NC(=O)c1ccc(Nc2cccc(C)c2)nn1. The van der Waals surface area contributed by atoms with Gasteiger partial charge in [0.2, 0.25) is 0 Å². The van der Waals surface area contributed by atoms with Gasteiger partial charge in [0.05, 0.1) is 12.8 Å². The number of nitrogens with one attached hydrogen (secondary N) is 2. The first-order chi connectivity index (χ1) is 12.5. The summed E-state index contributed by atoms with van der Waals surface area (Å²) in [5.41, 5.74) is 2.69. The molecule has 26 heavy (non-hydrogen) atoms. The molecule has 3 aromatic rings. The molecule has 1 aromatic heterocycles. The summed E-state index contributed by atoms with van der Waals surface area (Å²) in [6.07, 6.45) is 0. The van der Waals surface area contributed by atoms with Crippen LogP contribution in [0.1, 0.15) is 16.1 Å². The molecule has 2 N–H and O–H groups in total. The number of hydrogen-bond donors (Lipinski definition) is 2. The average molecular weight is 369 g/mol. The number of ether oxygens (including phenoxy) is 1. The molecule has 0 unspecified atom stereocenters. The Kier molecular flexibility index (Phi) is 5.34. The van der Waals surface area contributed by atoms with Crippen LogP contribution in [0.15, 0.2) is 54.6 Å². The fraction of sp³-hybridized carbons (Fsp3) is 0.105. The fourth-order valence-corrected chi connectivity index (χ4v) is 2.53. The maximum absolute atomic E-state index is 12.4. The number of aryl methyl sites for hydroxylation is 1. The highest BCUT2D eigenvalue weighted by Crippen LogP contribution is 2.28. The Morgan fingerprint density at radius 2 is 1.92 bits per heavy atom. The monoisotopic (exact) mass is 368 g/mol. The first-order valence-electron chi connectivity index (χ1n) is 7.87. The molecule has 3 rings (SSSR count). The van der Waals surface area contributed by atoms with Crippen molar-refractivity contribution >= 4 is 34.7 Å². The average Bonchev–Trinajstić information content (AvgIpc) is 2.62. The molecule has 0 aliphatic rings. The van der Waals surface area contributed by atoms with Crippen molar-refractivity contribution in [2.24, 2.45) is 0 Å². The van der Waals surface area contributed by atoms with Gasteiger partial charge >= 0.3 is 0 Å². The zero-order valence-corrected chi connectivity index (χ0v) is 15.0. The number of rotatable bonds is 5. The molecule has 0 aliphatic heterocycles. The van der Waals surface area contributed by atoms with Crippen LogP contribution in [0.4, 0.5) is 17.2 Å². The zero-order chi connectivity index (χ0) is 18.5. The van der Waals surface area contributed by atoms with Gasteiger partial charge < -0.3 is 15.4 Å². The third-order valence-electron chi connectivity index (χ3n) is 3.60. The molecule has 0 saturated carbocycles. The molecular weight excluding hydrogens is 352 g/mol. The minimum Gasteiger partial charge on any atom is -0.495 e. The number of halogens is 1. The van der Waals surface area contributed by atoms with E-state index in [1.165, 1.54) is 7.11 Å². The van der Waals surface area contributed by atoms with Gasteiger partial charge in [-0.2, -0.15) is 0 Å². The largest absolute Gasteiger partial charge is 0.495 e. The van der Waals surface area contributed by atoms with E-state index < -0.39 is 5.91 Å². The van der Waals surface area contributed by atoms with Gasteiger partial charge in [0, 0.05) is 10.7 Å². The maximum Gasteiger partial charge on any atom is 0.276 e. The molecule has 1 heterocycles. The lowest BCUT2D eigenvalue weighted by molar-refractivity contribution is 0.102. The van der Waals surface area contributed by atoms with Crippen molar-refractivity contribution < 1.29 is 9.53 Å². The summed E-state index contributed by atoms with van der Waals surface area (Å²) in [4.78, 5) is 12.4. The Balaban J connectivity index is 1.72. The molecule has 7 heteroatoms. The molecule has 0 saturated heterocycles. The molecule has 2 aromatic carbocycles. The van der Waals surface area contributed by atoms with E-state index in [4.69, 9.17) is 16.3 Å². The molecule has 1 amide bonds. The molecular formula is C19H17ClN4O2. The van der Waals surface area contributed by atoms with E-state index in [-0.39, 0.29) is 5.69 Å². The first-order valence-corrected chi connectivity index (χ1v) is 8.25. The standard InChI is InChI=1S/C19H17ClN4O2/c1-12-4-3-5-14(10-12)21-18-9-7-15(23-24-18)19(25)22-16-11-13(20)6-8-17(16)26-2/h3-11H,1-2H3,(H,21,24)(H,22,25). The second-order valence-corrected chi connectivity index (χ2v) is 6.03. The van der Waals surface area contributed by atoms with Crippen molar-refractivity contribution in [3.05, 3.63) is 70.9 Å². The van der Waals surface area contributed by atoms with E-state index in [9.17, 15) is 4.79 Å². The first kappa shape index (κ1) is 17.7. The number of methoxy groups -OCH3 is 1. The van der Waals surface area contributed by atoms with Gasteiger partial charge in [-0.05, 0) is 55.0 Å². The molecule has 0 spiro atoms. The van der Waals surface area contributed by atoms with Crippen LogP contribution in [0.5, 0.6) is 5.75 Å². The fourth-order valence-electron chi connectivity index (χ4n) is 2.35. The van der Waals surface area contributed by atoms with E-state index in [0.29, 0.717) is 22.3 Å². The van der Waals surface area contributed by atoms with E-state index >= 15 is 0 Å². The summed E-state index contributed by atoms with van der Waals surface area (Å²) in [5.74, 6) is 0.654. The minimum atomic E-state index is -0.403. The van der Waals surface area contributed by atoms with Gasteiger partial charge in [-0.15, -0.1) is 10.2 Å². The second kappa shape index (κ2) is 7.84. The number of benzene rings is 2. The third-order valence-corrected chi connectivity index (χ3v) is 3.83. The van der Waals surface area contributed by atoms with Gasteiger partial charge in [-0.25, -0.2) is 0 Å². The minimum absolute atomic E-state index is 0.182. The van der Waals surface area contributed by atoms with Gasteiger partial charge in [-0.1, -0.05) is 23.7 Å². The Bertz CT molecular complexity index is 929. The number of carbonyl (C=O) groups is 1. The second-order valence-electron chi connectivity index (χ2n) is 5.60. The molecule has 6 nitrogen and oxygen atoms in total. The highest BCUT2D eigenvalue weighted by atomic mass is 35.5. The van der Waals surface area contributed by atoms with E-state index in [2.05, 4.69) is 20.8 Å². The topological polar surface area (TPSA) is 76.1 Å². The molecule has 0 radical (unpaired) electrons. The van der Waals surface area contributed by atoms with Crippen molar-refractivity contribution in [1.82, 2.24) is 10.2 Å². The predicted octanol–water partition coefficient (Wildman–Crippen LogP) is 4.44. The highest BCUT2D eigenvalue weighted by Gasteiger charge is 2.12. The quantitative estimate of drug-likeness (QED) is 0.696. The van der Waals surface area contributed by atoms with Crippen molar-refractivity contribution in [2.75, 3.05) is 17.7 Å². The lowest BCUT2D eigenvalue weighted by Crippen LogP contribution is -2.15. The van der Waals surface area contributed by atoms with Gasteiger partial charge in [0.15, 0.2) is 11.5 Å². The molecule has 0 bridgehead atoms. The summed E-state index contributed by atoms with van der Waals surface area (Å²) in [7, 11) is 1.52. The lowest BCUT2D eigenvalue weighted by Gasteiger charge is -2.10. The van der Waals surface area contributed by atoms with Crippen LogP contribution in [0.2, 0.25) is 5.02 Å². The van der Waals surface area contributed by atoms with Gasteiger partial charge in [0.25, 0.3) is 5.91 Å². The molecule has 0 aliphatic carbocycles. The molecule has 132 valence electrons. The Hall–Kier alpha value is -3.12. The number of carbonyl (C=O) groups excluding carboxylic acids is 1. The summed E-state index contributed by atoms with van der Waals surface area (Å²) in [5, 5.41) is 14.4. The number of anilines is 3. The van der Waals surface area contributed by atoms with Crippen LogP contribution < -0.4 is 15.4 Å². The lowest BCUT2D eigenvalue weighted by atomic mass is 10.2. The Morgan fingerprint density at radius 3 is 2.62 bits per heavy atom. The van der Waals surface area contributed by atoms with E-state index in [0.717, 1.165) is 11.3 Å². The number of aromatic nitrogens is 2. The van der Waals surface area contributed by atoms with Crippen LogP contribution in [-0.4, -0.2) is 23.2 Å². The maximum atomic E-state index is 12.4. The van der Waals surface area contributed by atoms with Crippen molar-refractivity contribution in [2.45, 2.75) is 6.92 Å². The van der Waals surface area contributed by atoms with Gasteiger partial charge in [-0.3, -0.25) is 4.79 Å². The van der Waals surface area contributed by atoms with Crippen LogP contribution in [0.25, 0.3) is 0 Å². The zero-order valence-electron chi connectivity index (χ0n) is 14.3. The van der Waals surface area contributed by atoms with Crippen LogP contribution >= 0.6 is 11.6 Å². The normalized spacial score (nSPS) is 10.3. The van der Waals surface area contributed by atoms with Gasteiger partial charge in [0.1, 0.15) is 5.75 Å². The third kappa shape index (κ3) is 4.29. The van der Waals surface area contributed by atoms with Crippen molar-refractivity contribution in [1.29, 1.82) is 0 Å². The van der Waals surface area contributed by atoms with Crippen LogP contribution in [0, 0.1) is 6.92 Å². The van der Waals surface area contributed by atoms with Crippen LogP contribution in [0.3, 0.4) is 0 Å². The van der Waals surface area contributed by atoms with Crippen LogP contribution in [-0.2, 0) is 0 Å². The summed E-state index contributed by atoms with van der Waals surface area (Å²) < 4.78 is 5.21. The van der Waals surface area contributed by atoms with Crippen molar-refractivity contribution in [3.63, 3.8) is 0 Å². The van der Waals surface area contributed by atoms with Crippen molar-refractivity contribution in [3.8, 4) is 5.75 Å². The summed E-state index contributed by atoms with van der Waals surface area (Å²) in [6, 6.07) is 16.1. The highest BCUT2D eigenvalue weighted by molar-refractivity contribution is 6.31. The summed E-state index contributed by atoms with van der Waals surface area (Å²) >= 11 is 5.97. The number of amides is 1.